The van der Waals surface area contributed by atoms with Gasteiger partial charge in [-0.05, 0) is 54.9 Å². The molecular weight excluding hydrogens is 294 g/mol. The largest absolute Gasteiger partial charge is 0.457 e. The second-order valence-corrected chi connectivity index (χ2v) is 8.14. The second-order valence-electron chi connectivity index (χ2n) is 8.14. The summed E-state index contributed by atoms with van der Waals surface area (Å²) in [7, 11) is 0. The maximum absolute atomic E-state index is 6.40. The van der Waals surface area contributed by atoms with Crippen molar-refractivity contribution in [2.75, 3.05) is 4.90 Å². The third-order valence-corrected chi connectivity index (χ3v) is 5.04. The molecule has 0 aromatic heterocycles. The van der Waals surface area contributed by atoms with Crippen molar-refractivity contribution in [3.8, 4) is 5.75 Å². The van der Waals surface area contributed by atoms with Crippen molar-refractivity contribution in [2.45, 2.75) is 72.8 Å². The summed E-state index contributed by atoms with van der Waals surface area (Å²) in [5.74, 6) is 3.67. The van der Waals surface area contributed by atoms with E-state index in [0.29, 0.717) is 23.8 Å². The molecule has 0 bridgehead atoms. The molecular formula is C22H31NO. The van der Waals surface area contributed by atoms with Gasteiger partial charge in [-0.15, -0.1) is 0 Å². The summed E-state index contributed by atoms with van der Waals surface area (Å²) < 4.78 is 6.40. The molecule has 1 aromatic rings. The first kappa shape index (κ1) is 17.1. The van der Waals surface area contributed by atoms with Crippen molar-refractivity contribution in [1.82, 2.24) is 0 Å². The minimum absolute atomic E-state index is 0.399. The Morgan fingerprint density at radius 1 is 1.04 bits per heavy atom. The topological polar surface area (TPSA) is 12.5 Å². The normalized spacial score (nSPS) is 19.9. The predicted octanol–water partition coefficient (Wildman–Crippen LogP) is 6.35. The monoisotopic (exact) mass is 325 g/mol. The van der Waals surface area contributed by atoms with Gasteiger partial charge < -0.3 is 9.64 Å². The summed E-state index contributed by atoms with van der Waals surface area (Å²) in [6.45, 7) is 16.0. The number of hydrogen-bond acceptors (Lipinski definition) is 2. The number of hydrogen-bond donors (Lipinski definition) is 0. The summed E-state index contributed by atoms with van der Waals surface area (Å²) >= 11 is 0. The number of rotatable bonds is 3. The molecule has 1 aromatic carbocycles. The van der Waals surface area contributed by atoms with Gasteiger partial charge in [0.05, 0.1) is 11.4 Å². The van der Waals surface area contributed by atoms with Gasteiger partial charge in [-0.3, -0.25) is 0 Å². The Kier molecular flexibility index (Phi) is 4.50. The van der Waals surface area contributed by atoms with E-state index in [4.69, 9.17) is 4.74 Å². The molecule has 0 N–H and O–H groups in total. The SMILES string of the molecule is CC1C=CC2=C(C1)Oc1ccc(C(C)C)c(C(C)C)c1N2C(C)C. The van der Waals surface area contributed by atoms with Gasteiger partial charge in [0.15, 0.2) is 5.75 Å². The van der Waals surface area contributed by atoms with Crippen LogP contribution in [0.15, 0.2) is 35.7 Å². The number of nitrogens with zero attached hydrogens (tertiary/aromatic N) is 1. The number of fused-ring (bicyclic) bond motifs is 1. The summed E-state index contributed by atoms with van der Waals surface area (Å²) in [6.07, 6.45) is 5.56. The van der Waals surface area contributed by atoms with Gasteiger partial charge in [0.1, 0.15) is 5.76 Å². The molecule has 2 heteroatoms. The van der Waals surface area contributed by atoms with Gasteiger partial charge >= 0.3 is 0 Å². The standard InChI is InChI=1S/C22H31NO/c1-13(2)17-9-11-19-22(21(17)14(3)4)23(15(5)6)18-10-8-16(7)12-20(18)24-19/h8-11,13-16H,12H2,1-7H3. The Morgan fingerprint density at radius 3 is 2.33 bits per heavy atom. The zero-order chi connectivity index (χ0) is 17.6. The van der Waals surface area contributed by atoms with Crippen LogP contribution in [-0.2, 0) is 0 Å². The smallest absolute Gasteiger partial charge is 0.151 e. The lowest BCUT2D eigenvalue weighted by atomic mass is 9.86. The van der Waals surface area contributed by atoms with Crippen molar-refractivity contribution >= 4 is 5.69 Å². The van der Waals surface area contributed by atoms with Crippen LogP contribution in [0.3, 0.4) is 0 Å². The van der Waals surface area contributed by atoms with E-state index in [9.17, 15) is 0 Å². The highest BCUT2D eigenvalue weighted by Gasteiger charge is 2.33. The van der Waals surface area contributed by atoms with Gasteiger partial charge in [-0.2, -0.15) is 0 Å². The van der Waals surface area contributed by atoms with Crippen LogP contribution in [0.4, 0.5) is 5.69 Å². The van der Waals surface area contributed by atoms with Gasteiger partial charge in [0.25, 0.3) is 0 Å². The first-order chi connectivity index (χ1) is 11.3. The highest BCUT2D eigenvalue weighted by molar-refractivity contribution is 5.74. The van der Waals surface area contributed by atoms with Crippen LogP contribution in [0.25, 0.3) is 0 Å². The fourth-order valence-corrected chi connectivity index (χ4v) is 3.96. The average molecular weight is 325 g/mol. The lowest BCUT2D eigenvalue weighted by Crippen LogP contribution is -2.36. The summed E-state index contributed by atoms with van der Waals surface area (Å²) in [5.41, 5.74) is 5.41. The highest BCUT2D eigenvalue weighted by Crippen LogP contribution is 2.48. The summed E-state index contributed by atoms with van der Waals surface area (Å²) in [5, 5.41) is 0. The maximum Gasteiger partial charge on any atom is 0.151 e. The summed E-state index contributed by atoms with van der Waals surface area (Å²) in [6, 6.07) is 4.85. The lowest BCUT2D eigenvalue weighted by molar-refractivity contribution is 0.364. The molecule has 3 rings (SSSR count). The van der Waals surface area contributed by atoms with E-state index in [2.05, 4.69) is 77.7 Å². The molecule has 0 spiro atoms. The van der Waals surface area contributed by atoms with E-state index in [1.54, 1.807) is 0 Å². The quantitative estimate of drug-likeness (QED) is 0.642. The molecule has 24 heavy (non-hydrogen) atoms. The molecule has 0 radical (unpaired) electrons. The molecule has 1 unspecified atom stereocenters. The van der Waals surface area contributed by atoms with Gasteiger partial charge in [0, 0.05) is 12.5 Å². The summed E-state index contributed by atoms with van der Waals surface area (Å²) in [4.78, 5) is 2.50. The second kappa shape index (κ2) is 6.31. The molecule has 2 aliphatic rings. The Bertz CT molecular complexity index is 694. The van der Waals surface area contributed by atoms with E-state index in [1.807, 2.05) is 0 Å². The number of anilines is 1. The van der Waals surface area contributed by atoms with Crippen molar-refractivity contribution in [3.05, 3.63) is 46.9 Å². The molecule has 1 aliphatic heterocycles. The van der Waals surface area contributed by atoms with E-state index >= 15 is 0 Å². The first-order valence-corrected chi connectivity index (χ1v) is 9.36. The van der Waals surface area contributed by atoms with Crippen LogP contribution in [0.2, 0.25) is 0 Å². The number of allylic oxidation sites excluding steroid dienone is 3. The third-order valence-electron chi connectivity index (χ3n) is 5.04. The van der Waals surface area contributed by atoms with Crippen LogP contribution in [0.1, 0.15) is 77.8 Å². The van der Waals surface area contributed by atoms with Gasteiger partial charge in [-0.1, -0.05) is 46.8 Å². The van der Waals surface area contributed by atoms with Gasteiger partial charge in [-0.25, -0.2) is 0 Å². The molecule has 1 heterocycles. The highest BCUT2D eigenvalue weighted by atomic mass is 16.5. The van der Waals surface area contributed by atoms with Crippen LogP contribution in [0, 0.1) is 5.92 Å². The van der Waals surface area contributed by atoms with Crippen molar-refractivity contribution in [3.63, 3.8) is 0 Å². The van der Waals surface area contributed by atoms with E-state index in [-0.39, 0.29) is 0 Å². The lowest BCUT2D eigenvalue weighted by Gasteiger charge is -2.41. The number of ether oxygens (including phenoxy) is 1. The van der Waals surface area contributed by atoms with Crippen LogP contribution in [-0.4, -0.2) is 6.04 Å². The minimum atomic E-state index is 0.399. The Labute approximate surface area is 147 Å². The molecule has 130 valence electrons. The average Bonchev–Trinajstić information content (AvgIpc) is 2.50. The molecule has 0 saturated carbocycles. The fraction of sp³-hybridized carbons (Fsp3) is 0.545. The van der Waals surface area contributed by atoms with E-state index in [0.717, 1.165) is 17.9 Å². The Balaban J connectivity index is 2.24. The first-order valence-electron chi connectivity index (χ1n) is 9.36. The Morgan fingerprint density at radius 2 is 1.75 bits per heavy atom. The molecule has 1 aliphatic carbocycles. The fourth-order valence-electron chi connectivity index (χ4n) is 3.96. The predicted molar refractivity (Wildman–Crippen MR) is 103 cm³/mol. The zero-order valence-electron chi connectivity index (χ0n) is 16.2. The molecule has 0 amide bonds. The van der Waals surface area contributed by atoms with Crippen molar-refractivity contribution < 1.29 is 4.74 Å². The van der Waals surface area contributed by atoms with Crippen LogP contribution in [0.5, 0.6) is 5.75 Å². The molecule has 0 saturated heterocycles. The molecule has 0 fully saturated rings. The van der Waals surface area contributed by atoms with E-state index < -0.39 is 0 Å². The Hall–Kier alpha value is -1.70. The molecule has 1 atom stereocenters. The van der Waals surface area contributed by atoms with E-state index in [1.165, 1.54) is 22.5 Å². The maximum atomic E-state index is 6.40. The minimum Gasteiger partial charge on any atom is -0.457 e. The molecule has 2 nitrogen and oxygen atoms in total. The van der Waals surface area contributed by atoms with Crippen molar-refractivity contribution in [1.29, 1.82) is 0 Å². The zero-order valence-corrected chi connectivity index (χ0v) is 16.2. The van der Waals surface area contributed by atoms with Gasteiger partial charge in [0.2, 0.25) is 0 Å². The number of benzene rings is 1. The van der Waals surface area contributed by atoms with Crippen LogP contribution >= 0.6 is 0 Å². The van der Waals surface area contributed by atoms with Crippen LogP contribution < -0.4 is 9.64 Å². The van der Waals surface area contributed by atoms with Crippen molar-refractivity contribution in [2.24, 2.45) is 5.92 Å². The third kappa shape index (κ3) is 2.76.